The van der Waals surface area contributed by atoms with E-state index in [2.05, 4.69) is 0 Å². The van der Waals surface area contributed by atoms with Gasteiger partial charge in [0.1, 0.15) is 5.54 Å². The number of piperidine rings is 1. The van der Waals surface area contributed by atoms with E-state index in [1.54, 1.807) is 0 Å². The molecule has 0 radical (unpaired) electrons. The van der Waals surface area contributed by atoms with Gasteiger partial charge in [-0.15, -0.1) is 0 Å². The van der Waals surface area contributed by atoms with Crippen LogP contribution in [0.5, 0.6) is 0 Å². The van der Waals surface area contributed by atoms with Gasteiger partial charge in [0.25, 0.3) is 0 Å². The van der Waals surface area contributed by atoms with Crippen LogP contribution >= 0.6 is 0 Å². The van der Waals surface area contributed by atoms with Crippen molar-refractivity contribution in [1.29, 1.82) is 0 Å². The topological polar surface area (TPSA) is 109 Å². The van der Waals surface area contributed by atoms with E-state index >= 15 is 0 Å². The highest BCUT2D eigenvalue weighted by atomic mass is 32.2. The lowest BCUT2D eigenvalue weighted by molar-refractivity contribution is -0.149. The lowest BCUT2D eigenvalue weighted by Gasteiger charge is -2.41. The third-order valence-corrected chi connectivity index (χ3v) is 8.63. The van der Waals surface area contributed by atoms with Gasteiger partial charge in [0.05, 0.1) is 16.8 Å². The van der Waals surface area contributed by atoms with Gasteiger partial charge in [-0.3, -0.25) is 4.79 Å². The first-order chi connectivity index (χ1) is 9.09. The number of carboxylic acid groups (broad SMARTS) is 1. The summed E-state index contributed by atoms with van der Waals surface area (Å²) in [7, 11) is -7.24. The summed E-state index contributed by atoms with van der Waals surface area (Å²) in [5, 5.41) is 8.34. The standard InChI is InChI=1S/C11H19NO6S2/c1-11(10(13)14)5-2-3-6-12(11)20(17,18)9-4-7-19(15,16)8-9/h9H,2-8H2,1H3,(H,13,14). The van der Waals surface area contributed by atoms with Crippen LogP contribution in [0.4, 0.5) is 0 Å². The summed E-state index contributed by atoms with van der Waals surface area (Å²) < 4.78 is 49.1. The van der Waals surface area contributed by atoms with Crippen molar-refractivity contribution in [3.63, 3.8) is 0 Å². The molecule has 0 bridgehead atoms. The van der Waals surface area contributed by atoms with Crippen LogP contribution in [0.2, 0.25) is 0 Å². The Morgan fingerprint density at radius 2 is 2.00 bits per heavy atom. The van der Waals surface area contributed by atoms with Gasteiger partial charge in [-0.2, -0.15) is 4.31 Å². The van der Waals surface area contributed by atoms with Gasteiger partial charge in [0.15, 0.2) is 9.84 Å². The number of nitrogens with zero attached hydrogens (tertiary/aromatic N) is 1. The van der Waals surface area contributed by atoms with Gasteiger partial charge < -0.3 is 5.11 Å². The number of rotatable bonds is 3. The van der Waals surface area contributed by atoms with Crippen LogP contribution < -0.4 is 0 Å². The van der Waals surface area contributed by atoms with E-state index in [4.69, 9.17) is 0 Å². The van der Waals surface area contributed by atoms with Crippen LogP contribution in [-0.4, -0.2) is 61.1 Å². The number of aliphatic carboxylic acids is 1. The van der Waals surface area contributed by atoms with Crippen molar-refractivity contribution in [2.24, 2.45) is 0 Å². The minimum absolute atomic E-state index is 0.0524. The second-order valence-electron chi connectivity index (χ2n) is 5.68. The summed E-state index contributed by atoms with van der Waals surface area (Å²) in [6, 6.07) is 0. The molecule has 0 aliphatic carbocycles. The maximum atomic E-state index is 12.6. The van der Waals surface area contributed by atoms with Crippen molar-refractivity contribution >= 4 is 25.8 Å². The number of carboxylic acids is 1. The highest BCUT2D eigenvalue weighted by Crippen LogP contribution is 2.34. The van der Waals surface area contributed by atoms with Gasteiger partial charge >= 0.3 is 5.97 Å². The van der Waals surface area contributed by atoms with Crippen molar-refractivity contribution in [1.82, 2.24) is 4.31 Å². The molecule has 116 valence electrons. The molecule has 9 heteroatoms. The Bertz CT molecular complexity index is 611. The molecule has 0 aromatic carbocycles. The average molecular weight is 325 g/mol. The Morgan fingerprint density at radius 3 is 2.50 bits per heavy atom. The smallest absolute Gasteiger partial charge is 0.324 e. The Hall–Kier alpha value is -0.670. The third-order valence-electron chi connectivity index (χ3n) is 4.21. The SMILES string of the molecule is CC1(C(=O)O)CCCCN1S(=O)(=O)C1CCS(=O)(=O)C1. The van der Waals surface area contributed by atoms with E-state index < -0.39 is 42.4 Å². The van der Waals surface area contributed by atoms with Crippen molar-refractivity contribution in [3.8, 4) is 0 Å². The fourth-order valence-electron chi connectivity index (χ4n) is 2.89. The second kappa shape index (κ2) is 4.96. The number of carbonyl (C=O) groups is 1. The molecule has 0 aromatic heterocycles. The molecule has 2 rings (SSSR count). The van der Waals surface area contributed by atoms with Crippen LogP contribution in [0, 0.1) is 0 Å². The Balaban J connectivity index is 2.35. The van der Waals surface area contributed by atoms with Gasteiger partial charge in [-0.1, -0.05) is 0 Å². The molecule has 2 unspecified atom stereocenters. The van der Waals surface area contributed by atoms with Crippen molar-refractivity contribution in [2.45, 2.75) is 43.4 Å². The monoisotopic (exact) mass is 325 g/mol. The third kappa shape index (κ3) is 2.58. The molecule has 1 N–H and O–H groups in total. The molecule has 2 atom stereocenters. The minimum Gasteiger partial charge on any atom is -0.480 e. The van der Waals surface area contributed by atoms with Gasteiger partial charge in [-0.25, -0.2) is 16.8 Å². The first-order valence-corrected chi connectivity index (χ1v) is 9.87. The number of sulfone groups is 1. The molecule has 2 aliphatic rings. The molecule has 2 aliphatic heterocycles. The Labute approximate surface area is 118 Å². The van der Waals surface area contributed by atoms with E-state index in [0.29, 0.717) is 12.8 Å². The fraction of sp³-hybridized carbons (Fsp3) is 0.909. The summed E-state index contributed by atoms with van der Waals surface area (Å²) in [5.41, 5.74) is -1.47. The molecule has 0 saturated carbocycles. The summed E-state index contributed by atoms with van der Waals surface area (Å²) >= 11 is 0. The van der Waals surface area contributed by atoms with Gasteiger partial charge in [0.2, 0.25) is 10.0 Å². The average Bonchev–Trinajstić information content (AvgIpc) is 2.70. The predicted octanol–water partition coefficient (Wildman–Crippen LogP) is -0.167. The molecular formula is C11H19NO6S2. The van der Waals surface area contributed by atoms with Gasteiger partial charge in [-0.05, 0) is 32.6 Å². The van der Waals surface area contributed by atoms with Crippen molar-refractivity contribution in [2.75, 3.05) is 18.1 Å². The molecule has 2 heterocycles. The highest BCUT2D eigenvalue weighted by Gasteiger charge is 2.51. The number of hydrogen-bond donors (Lipinski definition) is 1. The molecule has 0 spiro atoms. The largest absolute Gasteiger partial charge is 0.480 e. The zero-order chi connectivity index (χ0) is 15.2. The lowest BCUT2D eigenvalue weighted by Crippen LogP contribution is -2.59. The Morgan fingerprint density at radius 1 is 1.35 bits per heavy atom. The number of sulfonamides is 1. The van der Waals surface area contributed by atoms with Crippen molar-refractivity contribution < 1.29 is 26.7 Å². The fourth-order valence-corrected chi connectivity index (χ4v) is 7.79. The molecule has 0 amide bonds. The Kier molecular flexibility index (Phi) is 3.89. The first-order valence-electron chi connectivity index (χ1n) is 6.55. The van der Waals surface area contributed by atoms with Crippen LogP contribution in [0.1, 0.15) is 32.6 Å². The first kappa shape index (κ1) is 15.7. The summed E-state index contributed by atoms with van der Waals surface area (Å²) in [5.74, 6) is -1.72. The maximum Gasteiger partial charge on any atom is 0.324 e. The zero-order valence-corrected chi connectivity index (χ0v) is 12.9. The summed E-state index contributed by atoms with van der Waals surface area (Å²) in [6.07, 6.45) is 1.55. The maximum absolute atomic E-state index is 12.6. The molecule has 0 aromatic rings. The van der Waals surface area contributed by atoms with Gasteiger partial charge in [0, 0.05) is 6.54 Å². The zero-order valence-electron chi connectivity index (χ0n) is 11.3. The minimum atomic E-state index is -3.91. The summed E-state index contributed by atoms with van der Waals surface area (Å²) in [6.45, 7) is 1.54. The molecule has 2 fully saturated rings. The predicted molar refractivity (Wildman–Crippen MR) is 72.6 cm³/mol. The van der Waals surface area contributed by atoms with Crippen LogP contribution in [-0.2, 0) is 24.7 Å². The van der Waals surface area contributed by atoms with E-state index in [0.717, 1.165) is 4.31 Å². The number of hydrogen-bond acceptors (Lipinski definition) is 5. The van der Waals surface area contributed by atoms with Crippen LogP contribution in [0.15, 0.2) is 0 Å². The molecule has 20 heavy (non-hydrogen) atoms. The van der Waals surface area contributed by atoms with Crippen LogP contribution in [0.3, 0.4) is 0 Å². The van der Waals surface area contributed by atoms with E-state index in [-0.39, 0.29) is 25.1 Å². The van der Waals surface area contributed by atoms with Crippen molar-refractivity contribution in [3.05, 3.63) is 0 Å². The van der Waals surface area contributed by atoms with E-state index in [9.17, 15) is 26.7 Å². The van der Waals surface area contributed by atoms with E-state index in [1.807, 2.05) is 0 Å². The van der Waals surface area contributed by atoms with E-state index in [1.165, 1.54) is 6.92 Å². The quantitative estimate of drug-likeness (QED) is 0.772. The molecule has 2 saturated heterocycles. The van der Waals surface area contributed by atoms with Crippen LogP contribution in [0.25, 0.3) is 0 Å². The molecule has 7 nitrogen and oxygen atoms in total. The normalized spacial score (nSPS) is 35.0. The summed E-state index contributed by atoms with van der Waals surface area (Å²) in [4.78, 5) is 11.5. The molecular weight excluding hydrogens is 306 g/mol. The second-order valence-corrected chi connectivity index (χ2v) is 10.0. The highest BCUT2D eigenvalue weighted by molar-refractivity contribution is 7.95. The lowest BCUT2D eigenvalue weighted by atomic mass is 9.91.